The molecule has 0 fully saturated rings. The van der Waals surface area contributed by atoms with Gasteiger partial charge in [-0.05, 0) is 30.2 Å². The predicted molar refractivity (Wildman–Crippen MR) is 114 cm³/mol. The molecule has 0 aliphatic carbocycles. The molecule has 1 heterocycles. The SMILES string of the molecule is Cc1ccc(Cn2c(=N)n(C(CO)C(O)c3ccccc3)c3ccccc32)cc1. The van der Waals surface area contributed by atoms with Crippen LogP contribution in [0.15, 0.2) is 78.9 Å². The van der Waals surface area contributed by atoms with Crippen molar-refractivity contribution in [1.29, 1.82) is 5.41 Å². The van der Waals surface area contributed by atoms with Gasteiger partial charge in [-0.2, -0.15) is 0 Å². The van der Waals surface area contributed by atoms with Gasteiger partial charge in [-0.3, -0.25) is 5.41 Å². The molecule has 0 radical (unpaired) electrons. The van der Waals surface area contributed by atoms with Crippen molar-refractivity contribution in [3.05, 3.63) is 101 Å². The van der Waals surface area contributed by atoms with Crippen molar-refractivity contribution in [2.75, 3.05) is 6.61 Å². The van der Waals surface area contributed by atoms with E-state index in [1.807, 2.05) is 59.2 Å². The van der Waals surface area contributed by atoms with Crippen molar-refractivity contribution >= 4 is 11.0 Å². The number of nitrogens with one attached hydrogen (secondary N) is 1. The number of benzene rings is 3. The van der Waals surface area contributed by atoms with E-state index in [1.165, 1.54) is 5.56 Å². The number of hydrogen-bond donors (Lipinski definition) is 3. The molecule has 2 atom stereocenters. The normalized spacial score (nSPS) is 13.5. The first kappa shape index (κ1) is 19.2. The molecule has 0 saturated heterocycles. The Bertz CT molecular complexity index is 1160. The Morgan fingerprint density at radius 1 is 0.862 bits per heavy atom. The summed E-state index contributed by atoms with van der Waals surface area (Å²) in [5.41, 5.74) is 4.98. The Morgan fingerprint density at radius 2 is 1.48 bits per heavy atom. The third kappa shape index (κ3) is 3.62. The highest BCUT2D eigenvalue weighted by atomic mass is 16.3. The third-order valence-electron chi connectivity index (χ3n) is 5.40. The molecule has 148 valence electrons. The summed E-state index contributed by atoms with van der Waals surface area (Å²) in [4.78, 5) is 0. The molecule has 3 N–H and O–H groups in total. The molecule has 0 aliphatic heterocycles. The number of aliphatic hydroxyl groups excluding tert-OH is 2. The fourth-order valence-electron chi connectivity index (χ4n) is 3.82. The summed E-state index contributed by atoms with van der Waals surface area (Å²) < 4.78 is 3.65. The van der Waals surface area contributed by atoms with Crippen molar-refractivity contribution < 1.29 is 10.2 Å². The van der Waals surface area contributed by atoms with Gasteiger partial charge in [-0.15, -0.1) is 0 Å². The number of aliphatic hydroxyl groups is 2. The maximum absolute atomic E-state index is 11.0. The third-order valence-corrected chi connectivity index (χ3v) is 5.40. The van der Waals surface area contributed by atoms with Gasteiger partial charge in [0.1, 0.15) is 6.10 Å². The summed E-state index contributed by atoms with van der Waals surface area (Å²) in [5.74, 6) is 0. The lowest BCUT2D eigenvalue weighted by atomic mass is 10.0. The second-order valence-electron chi connectivity index (χ2n) is 7.36. The zero-order valence-corrected chi connectivity index (χ0v) is 16.4. The topological polar surface area (TPSA) is 74.2 Å². The van der Waals surface area contributed by atoms with Crippen LogP contribution in [-0.4, -0.2) is 26.0 Å². The first-order valence-electron chi connectivity index (χ1n) is 9.74. The second-order valence-corrected chi connectivity index (χ2v) is 7.36. The molecule has 29 heavy (non-hydrogen) atoms. The fraction of sp³-hybridized carbons (Fsp3) is 0.208. The minimum absolute atomic E-state index is 0.251. The average Bonchev–Trinajstić information content (AvgIpc) is 3.03. The molecule has 0 bridgehead atoms. The molecule has 4 aromatic rings. The van der Waals surface area contributed by atoms with E-state index in [1.54, 1.807) is 4.57 Å². The summed E-state index contributed by atoms with van der Waals surface area (Å²) in [6.07, 6.45) is -0.922. The number of rotatable bonds is 6. The first-order valence-corrected chi connectivity index (χ1v) is 9.74. The minimum atomic E-state index is -0.922. The van der Waals surface area contributed by atoms with Gasteiger partial charge in [0.2, 0.25) is 5.62 Å². The lowest BCUT2D eigenvalue weighted by Gasteiger charge is -2.23. The summed E-state index contributed by atoms with van der Waals surface area (Å²) in [6.45, 7) is 2.33. The lowest BCUT2D eigenvalue weighted by molar-refractivity contribution is 0.0721. The van der Waals surface area contributed by atoms with E-state index in [9.17, 15) is 10.2 Å². The Kier molecular flexibility index (Phi) is 5.34. The van der Waals surface area contributed by atoms with E-state index in [0.29, 0.717) is 12.1 Å². The van der Waals surface area contributed by atoms with Gasteiger partial charge in [-0.1, -0.05) is 72.3 Å². The van der Waals surface area contributed by atoms with E-state index in [0.717, 1.165) is 16.6 Å². The van der Waals surface area contributed by atoms with Crippen LogP contribution in [0.2, 0.25) is 0 Å². The van der Waals surface area contributed by atoms with Crippen molar-refractivity contribution in [3.63, 3.8) is 0 Å². The highest BCUT2D eigenvalue weighted by Gasteiger charge is 2.26. The van der Waals surface area contributed by atoms with Gasteiger partial charge in [-0.25, -0.2) is 0 Å². The molecule has 0 aliphatic rings. The van der Waals surface area contributed by atoms with Crippen LogP contribution in [-0.2, 0) is 6.54 Å². The Hall–Kier alpha value is -3.15. The smallest absolute Gasteiger partial charge is 0.203 e. The van der Waals surface area contributed by atoms with Crippen LogP contribution in [0.5, 0.6) is 0 Å². The summed E-state index contributed by atoms with van der Waals surface area (Å²) in [5, 5.41) is 30.0. The van der Waals surface area contributed by atoms with Crippen LogP contribution in [0.3, 0.4) is 0 Å². The predicted octanol–water partition coefficient (Wildman–Crippen LogP) is 3.55. The Morgan fingerprint density at radius 3 is 2.14 bits per heavy atom. The molecular weight excluding hydrogens is 362 g/mol. The van der Waals surface area contributed by atoms with E-state index < -0.39 is 12.1 Å². The van der Waals surface area contributed by atoms with Crippen LogP contribution in [0, 0.1) is 12.3 Å². The zero-order valence-electron chi connectivity index (χ0n) is 16.4. The second kappa shape index (κ2) is 8.07. The van der Waals surface area contributed by atoms with E-state index in [4.69, 9.17) is 5.41 Å². The quantitative estimate of drug-likeness (QED) is 0.473. The van der Waals surface area contributed by atoms with Gasteiger partial charge in [0.05, 0.1) is 30.2 Å². The largest absolute Gasteiger partial charge is 0.394 e. The van der Waals surface area contributed by atoms with E-state index in [2.05, 4.69) is 31.2 Å². The van der Waals surface area contributed by atoms with Crippen molar-refractivity contribution in [3.8, 4) is 0 Å². The summed E-state index contributed by atoms with van der Waals surface area (Å²) >= 11 is 0. The maximum Gasteiger partial charge on any atom is 0.203 e. The zero-order chi connectivity index (χ0) is 20.4. The minimum Gasteiger partial charge on any atom is -0.394 e. The van der Waals surface area contributed by atoms with Crippen molar-refractivity contribution in [2.24, 2.45) is 0 Å². The number of imidazole rings is 1. The summed E-state index contributed by atoms with van der Waals surface area (Å²) in [7, 11) is 0. The molecule has 5 nitrogen and oxygen atoms in total. The van der Waals surface area contributed by atoms with E-state index >= 15 is 0 Å². The molecule has 1 aromatic heterocycles. The highest BCUT2D eigenvalue weighted by Crippen LogP contribution is 2.28. The first-order chi connectivity index (χ1) is 14.1. The van der Waals surface area contributed by atoms with Crippen LogP contribution in [0.25, 0.3) is 11.0 Å². The lowest BCUT2D eigenvalue weighted by Crippen LogP contribution is -2.32. The number of para-hydroxylation sites is 2. The molecule has 0 saturated carbocycles. The monoisotopic (exact) mass is 387 g/mol. The molecule has 0 amide bonds. The standard InChI is InChI=1S/C24H25N3O2/c1-17-11-13-18(14-12-17)15-26-20-9-5-6-10-21(20)27(24(26)25)22(16-28)23(29)19-7-3-2-4-8-19/h2-14,22-23,25,28-29H,15-16H2,1H3. The molecule has 4 rings (SSSR count). The van der Waals surface area contributed by atoms with Crippen LogP contribution in [0.4, 0.5) is 0 Å². The summed E-state index contributed by atoms with van der Waals surface area (Å²) in [6, 6.07) is 24.6. The molecular formula is C24H25N3O2. The number of aryl methyl sites for hydroxylation is 1. The molecule has 3 aromatic carbocycles. The van der Waals surface area contributed by atoms with Crippen molar-refractivity contribution in [1.82, 2.24) is 9.13 Å². The number of aromatic nitrogens is 2. The molecule has 0 spiro atoms. The van der Waals surface area contributed by atoms with Crippen LogP contribution in [0.1, 0.15) is 28.8 Å². The van der Waals surface area contributed by atoms with Gasteiger partial charge in [0.25, 0.3) is 0 Å². The number of fused-ring (bicyclic) bond motifs is 1. The van der Waals surface area contributed by atoms with Crippen LogP contribution < -0.4 is 5.62 Å². The Labute approximate surface area is 169 Å². The van der Waals surface area contributed by atoms with Gasteiger partial charge in [0, 0.05) is 0 Å². The number of hydrogen-bond acceptors (Lipinski definition) is 3. The van der Waals surface area contributed by atoms with Gasteiger partial charge in [0.15, 0.2) is 0 Å². The van der Waals surface area contributed by atoms with Gasteiger partial charge < -0.3 is 19.3 Å². The van der Waals surface area contributed by atoms with Crippen molar-refractivity contribution in [2.45, 2.75) is 25.6 Å². The average molecular weight is 387 g/mol. The van der Waals surface area contributed by atoms with Crippen LogP contribution >= 0.6 is 0 Å². The number of nitrogens with zero attached hydrogens (tertiary/aromatic N) is 2. The maximum atomic E-state index is 11.0. The molecule has 5 heteroatoms. The van der Waals surface area contributed by atoms with Gasteiger partial charge >= 0.3 is 0 Å². The highest BCUT2D eigenvalue weighted by molar-refractivity contribution is 5.76. The Balaban J connectivity index is 1.83. The molecule has 2 unspecified atom stereocenters. The fourth-order valence-corrected chi connectivity index (χ4v) is 3.82. The van der Waals surface area contributed by atoms with E-state index in [-0.39, 0.29) is 12.2 Å².